The van der Waals surface area contributed by atoms with Crippen molar-refractivity contribution in [3.8, 4) is 0 Å². The summed E-state index contributed by atoms with van der Waals surface area (Å²) in [4.78, 5) is 30.6. The van der Waals surface area contributed by atoms with Crippen LogP contribution in [0.2, 0.25) is 0 Å². The molecule has 0 bridgehead atoms. The van der Waals surface area contributed by atoms with E-state index in [0.717, 1.165) is 33.2 Å². The molecule has 5 rings (SSSR count). The zero-order chi connectivity index (χ0) is 24.0. The van der Waals surface area contributed by atoms with Gasteiger partial charge in [0.25, 0.3) is 0 Å². The summed E-state index contributed by atoms with van der Waals surface area (Å²) in [5.74, 6) is -0.0268. The van der Waals surface area contributed by atoms with E-state index in [1.807, 2.05) is 31.2 Å². The zero-order valence-electron chi connectivity index (χ0n) is 18.4. The number of alkyl halides is 3. The van der Waals surface area contributed by atoms with E-state index in [0.29, 0.717) is 31.6 Å². The van der Waals surface area contributed by atoms with E-state index >= 15 is 0 Å². The molecule has 1 amide bonds. The fourth-order valence-corrected chi connectivity index (χ4v) is 4.78. The highest BCUT2D eigenvalue weighted by atomic mass is 19.4. The molecule has 0 spiro atoms. The van der Waals surface area contributed by atoms with Crippen LogP contribution in [0, 0.1) is 11.8 Å². The quantitative estimate of drug-likeness (QED) is 0.294. The number of carbonyl (C=O) groups is 1. The molecule has 0 aliphatic carbocycles. The number of piperidine rings is 1. The number of benzene rings is 2. The molecule has 2 aliphatic rings. The summed E-state index contributed by atoms with van der Waals surface area (Å²) < 4.78 is 39.9. The maximum atomic E-state index is 13.3. The molecule has 0 atom stereocenters. The number of halogens is 3. The smallest absolute Gasteiger partial charge is 0.342 e. The van der Waals surface area contributed by atoms with Gasteiger partial charge in [0, 0.05) is 24.7 Å². The van der Waals surface area contributed by atoms with Crippen LogP contribution in [0.5, 0.6) is 0 Å². The Hall–Kier alpha value is -3.69. The maximum absolute atomic E-state index is 13.3. The van der Waals surface area contributed by atoms with Gasteiger partial charge in [0.1, 0.15) is 5.69 Å². The normalized spacial score (nSPS) is 15.9. The molecule has 34 heavy (non-hydrogen) atoms. The van der Waals surface area contributed by atoms with Crippen molar-refractivity contribution in [1.82, 2.24) is 15.0 Å². The molecule has 3 heterocycles. The second-order valence-electron chi connectivity index (χ2n) is 8.66. The fraction of sp³-hybridized carbons (Fsp3) is 0.333. The number of pyridine rings is 1. The summed E-state index contributed by atoms with van der Waals surface area (Å²) in [6, 6.07) is 11.2. The first-order valence-corrected chi connectivity index (χ1v) is 11.0. The predicted octanol–water partition coefficient (Wildman–Crippen LogP) is 5.15. The molecule has 176 valence electrons. The molecule has 1 fully saturated rings. The molecule has 0 saturated carbocycles. The second-order valence-corrected chi connectivity index (χ2v) is 8.66. The average Bonchev–Trinajstić information content (AvgIpc) is 3.53. The van der Waals surface area contributed by atoms with Gasteiger partial charge in [-0.05, 0) is 55.2 Å². The Morgan fingerprint density at radius 2 is 1.94 bits per heavy atom. The number of likely N-dealkylation sites (tertiary alicyclic amines) is 1. The van der Waals surface area contributed by atoms with Gasteiger partial charge in [-0.1, -0.05) is 18.2 Å². The molecule has 3 aromatic rings. The predicted molar refractivity (Wildman–Crippen MR) is 121 cm³/mol. The van der Waals surface area contributed by atoms with Gasteiger partial charge in [0.2, 0.25) is 5.91 Å². The number of amides is 1. The number of carbonyl (C=O) groups excluding carboxylic acids is 1. The van der Waals surface area contributed by atoms with E-state index in [1.54, 1.807) is 11.1 Å². The van der Waals surface area contributed by atoms with Gasteiger partial charge in [0.05, 0.1) is 34.5 Å². The summed E-state index contributed by atoms with van der Waals surface area (Å²) >= 11 is 0. The van der Waals surface area contributed by atoms with E-state index < -0.39 is 11.7 Å². The minimum absolute atomic E-state index is 0.0268. The maximum Gasteiger partial charge on any atom is 0.418 e. The number of anilines is 2. The van der Waals surface area contributed by atoms with Crippen LogP contribution >= 0.6 is 0 Å². The highest BCUT2D eigenvalue weighted by Crippen LogP contribution is 2.56. The fourth-order valence-electron chi connectivity index (χ4n) is 4.78. The van der Waals surface area contributed by atoms with Gasteiger partial charge in [-0.3, -0.25) is 9.78 Å². The molecule has 2 aliphatic heterocycles. The highest BCUT2D eigenvalue weighted by molar-refractivity contribution is 5.94. The average molecular weight is 469 g/mol. The molecular formula is C24H22F3N5O2. The largest absolute Gasteiger partial charge is 0.418 e. The molecule has 7 nitrogen and oxygen atoms in total. The van der Waals surface area contributed by atoms with Gasteiger partial charge in [-0.25, -0.2) is 5.01 Å². The van der Waals surface area contributed by atoms with E-state index in [1.165, 1.54) is 17.1 Å². The Balaban J connectivity index is 1.23. The summed E-state index contributed by atoms with van der Waals surface area (Å²) in [7, 11) is 0. The lowest BCUT2D eigenvalue weighted by atomic mass is 10.0. The first-order valence-electron chi connectivity index (χ1n) is 11.0. The number of nitrogens with zero attached hydrogens (tertiary/aromatic N) is 5. The minimum Gasteiger partial charge on any atom is -0.342 e. The number of nitroso groups, excluding NO2 is 1. The van der Waals surface area contributed by atoms with Crippen LogP contribution in [-0.2, 0) is 17.4 Å². The number of hydrogen-bond acceptors (Lipinski definition) is 5. The van der Waals surface area contributed by atoms with E-state index in [9.17, 15) is 22.9 Å². The summed E-state index contributed by atoms with van der Waals surface area (Å²) in [5, 5.41) is 6.31. The van der Waals surface area contributed by atoms with Crippen LogP contribution in [0.25, 0.3) is 10.9 Å². The molecular weight excluding hydrogens is 447 g/mol. The lowest BCUT2D eigenvalue weighted by molar-refractivity contribution is -0.137. The van der Waals surface area contributed by atoms with Crippen molar-refractivity contribution in [2.45, 2.75) is 38.4 Å². The Morgan fingerprint density at radius 3 is 2.65 bits per heavy atom. The van der Waals surface area contributed by atoms with Crippen molar-refractivity contribution in [3.63, 3.8) is 0 Å². The zero-order valence-corrected chi connectivity index (χ0v) is 18.4. The summed E-state index contributed by atoms with van der Waals surface area (Å²) in [5.41, 5.74) is 2.32. The Labute approximate surface area is 193 Å². The SMILES string of the molecule is Cc1cc(CC(=O)N2CCC(N(N=O)N3c4cccc(C(F)(F)F)c43)CC2)cc2cccnc12. The third kappa shape index (κ3) is 3.93. The first kappa shape index (κ1) is 22.1. The number of hydrogen-bond donors (Lipinski definition) is 0. The number of para-hydroxylation sites is 1. The molecule has 2 aromatic carbocycles. The van der Waals surface area contributed by atoms with Crippen molar-refractivity contribution < 1.29 is 18.0 Å². The number of fused-ring (bicyclic) bond motifs is 2. The standard InChI is InChI=1S/C24H22F3N5O2/c1-15-12-16(13-17-4-3-9-28-22(15)17)14-21(33)30-10-7-18(8-11-30)32(29-34)31-20-6-2-5-19(23(20)31)24(25,26)27/h2-6,9,12-13,18H,7-8,10-11,14H2,1H3. The topological polar surface area (TPSA) is 68.9 Å². The van der Waals surface area contributed by atoms with Crippen LogP contribution in [0.3, 0.4) is 0 Å². The lowest BCUT2D eigenvalue weighted by Gasteiger charge is -2.36. The van der Waals surface area contributed by atoms with Gasteiger partial charge in [0.15, 0.2) is 0 Å². The minimum atomic E-state index is -4.51. The van der Waals surface area contributed by atoms with Crippen molar-refractivity contribution in [2.75, 3.05) is 18.1 Å². The van der Waals surface area contributed by atoms with E-state index in [2.05, 4.69) is 10.3 Å². The van der Waals surface area contributed by atoms with Crippen LogP contribution in [0.15, 0.2) is 53.9 Å². The number of rotatable bonds is 5. The third-order valence-corrected chi connectivity index (χ3v) is 6.45. The van der Waals surface area contributed by atoms with Crippen LogP contribution in [0.1, 0.15) is 29.5 Å². The second kappa shape index (κ2) is 8.27. The van der Waals surface area contributed by atoms with Crippen LogP contribution in [-0.4, -0.2) is 40.0 Å². The van der Waals surface area contributed by atoms with E-state index in [4.69, 9.17) is 0 Å². The first-order chi connectivity index (χ1) is 16.3. The van der Waals surface area contributed by atoms with Gasteiger partial charge in [-0.2, -0.15) is 18.3 Å². The number of aromatic nitrogens is 1. The molecule has 0 N–H and O–H groups in total. The van der Waals surface area contributed by atoms with Crippen molar-refractivity contribution in [1.29, 1.82) is 0 Å². The molecule has 0 radical (unpaired) electrons. The highest BCUT2D eigenvalue weighted by Gasteiger charge is 2.48. The molecule has 1 aromatic heterocycles. The molecule has 1 saturated heterocycles. The summed E-state index contributed by atoms with van der Waals surface area (Å²) in [6.45, 7) is 2.77. The van der Waals surface area contributed by atoms with Crippen molar-refractivity contribution in [3.05, 3.63) is 70.3 Å². The number of hydrazine groups is 1. The number of aryl methyl sites for hydroxylation is 1. The summed E-state index contributed by atoms with van der Waals surface area (Å²) in [6.07, 6.45) is -1.66. The van der Waals surface area contributed by atoms with Gasteiger partial charge < -0.3 is 4.90 Å². The molecule has 0 unspecified atom stereocenters. The van der Waals surface area contributed by atoms with Gasteiger partial charge >= 0.3 is 6.18 Å². The monoisotopic (exact) mass is 469 g/mol. The van der Waals surface area contributed by atoms with Crippen molar-refractivity contribution in [2.24, 2.45) is 5.29 Å². The van der Waals surface area contributed by atoms with Crippen LogP contribution in [0.4, 0.5) is 24.5 Å². The Morgan fingerprint density at radius 1 is 1.18 bits per heavy atom. The van der Waals surface area contributed by atoms with E-state index in [-0.39, 0.29) is 24.1 Å². The van der Waals surface area contributed by atoms with Crippen molar-refractivity contribution >= 4 is 28.2 Å². The lowest BCUT2D eigenvalue weighted by Crippen LogP contribution is -2.47. The Bertz CT molecular complexity index is 1270. The third-order valence-electron chi connectivity index (χ3n) is 6.45. The van der Waals surface area contributed by atoms with Gasteiger partial charge in [-0.15, -0.1) is 4.91 Å². The molecule has 10 heteroatoms. The Kier molecular flexibility index (Phi) is 5.38. The van der Waals surface area contributed by atoms with Crippen LogP contribution < -0.4 is 5.01 Å².